The van der Waals surface area contributed by atoms with Crippen molar-refractivity contribution in [2.24, 2.45) is 5.10 Å². The minimum absolute atomic E-state index is 0.0959. The molecular formula is C17H21N3O4. The fraction of sp³-hybridized carbons (Fsp3) is 0.471. The Labute approximate surface area is 140 Å². The summed E-state index contributed by atoms with van der Waals surface area (Å²) < 4.78 is 10.7. The number of methoxy groups -OCH3 is 2. The van der Waals surface area contributed by atoms with E-state index in [1.165, 1.54) is 0 Å². The van der Waals surface area contributed by atoms with Crippen LogP contribution >= 0.6 is 0 Å². The van der Waals surface area contributed by atoms with Gasteiger partial charge in [0.15, 0.2) is 11.5 Å². The van der Waals surface area contributed by atoms with Gasteiger partial charge in [-0.2, -0.15) is 5.10 Å². The van der Waals surface area contributed by atoms with Gasteiger partial charge in [-0.1, -0.05) is 0 Å². The van der Waals surface area contributed by atoms with Gasteiger partial charge in [0.25, 0.3) is 5.91 Å². The Bertz CT molecular complexity index is 714. The number of carbonyl (C=O) groups is 2. The topological polar surface area (TPSA) is 80.2 Å². The number of nitrogens with zero attached hydrogens (tertiary/aromatic N) is 2. The van der Waals surface area contributed by atoms with Crippen LogP contribution in [0.15, 0.2) is 17.2 Å². The van der Waals surface area contributed by atoms with E-state index in [0.717, 1.165) is 17.5 Å². The van der Waals surface area contributed by atoms with E-state index in [4.69, 9.17) is 9.47 Å². The molecule has 1 N–H and O–H groups in total. The normalized spacial score (nSPS) is 20.0. The van der Waals surface area contributed by atoms with Crippen molar-refractivity contribution >= 4 is 17.5 Å². The second-order valence-electron chi connectivity index (χ2n) is 5.92. The van der Waals surface area contributed by atoms with Crippen molar-refractivity contribution in [1.82, 2.24) is 10.3 Å². The summed E-state index contributed by atoms with van der Waals surface area (Å²) in [5.41, 5.74) is 5.00. The first-order valence-electron chi connectivity index (χ1n) is 7.96. The lowest BCUT2D eigenvalue weighted by atomic mass is 9.92. The molecule has 0 saturated carbocycles. The predicted molar refractivity (Wildman–Crippen MR) is 88.2 cm³/mol. The Kier molecular flexibility index (Phi) is 4.42. The Morgan fingerprint density at radius 3 is 2.54 bits per heavy atom. The molecule has 0 bridgehead atoms. The molecule has 1 aromatic carbocycles. The molecule has 0 aromatic heterocycles. The molecule has 1 unspecified atom stereocenters. The maximum absolute atomic E-state index is 12.7. The zero-order valence-corrected chi connectivity index (χ0v) is 14.1. The zero-order chi connectivity index (χ0) is 17.3. The van der Waals surface area contributed by atoms with Gasteiger partial charge in [0.05, 0.1) is 20.3 Å². The number of fused-ring (bicyclic) bond motifs is 1. The second kappa shape index (κ2) is 6.51. The van der Waals surface area contributed by atoms with Crippen LogP contribution in [0.1, 0.15) is 36.9 Å². The highest BCUT2D eigenvalue weighted by molar-refractivity contribution is 6.39. The summed E-state index contributed by atoms with van der Waals surface area (Å²) >= 11 is 0. The first-order valence-corrected chi connectivity index (χ1v) is 7.96. The van der Waals surface area contributed by atoms with Crippen molar-refractivity contribution in [3.8, 4) is 11.5 Å². The van der Waals surface area contributed by atoms with Gasteiger partial charge in [-0.15, -0.1) is 0 Å². The molecule has 128 valence electrons. The van der Waals surface area contributed by atoms with Crippen molar-refractivity contribution in [2.75, 3.05) is 20.8 Å². The Hall–Kier alpha value is -2.57. The van der Waals surface area contributed by atoms with E-state index in [0.29, 0.717) is 36.6 Å². The lowest BCUT2D eigenvalue weighted by Gasteiger charge is -2.36. The van der Waals surface area contributed by atoms with Crippen molar-refractivity contribution in [1.29, 1.82) is 0 Å². The van der Waals surface area contributed by atoms with Crippen LogP contribution in [-0.2, 0) is 16.0 Å². The number of benzene rings is 1. The van der Waals surface area contributed by atoms with Crippen LogP contribution in [0.25, 0.3) is 0 Å². The quantitative estimate of drug-likeness (QED) is 0.908. The third-order valence-electron chi connectivity index (χ3n) is 4.60. The summed E-state index contributed by atoms with van der Waals surface area (Å²) in [7, 11) is 3.21. The second-order valence-corrected chi connectivity index (χ2v) is 5.92. The van der Waals surface area contributed by atoms with Crippen molar-refractivity contribution in [2.45, 2.75) is 32.2 Å². The zero-order valence-electron chi connectivity index (χ0n) is 14.1. The van der Waals surface area contributed by atoms with Crippen LogP contribution in [0.2, 0.25) is 0 Å². The van der Waals surface area contributed by atoms with E-state index < -0.39 is 0 Å². The Morgan fingerprint density at radius 2 is 1.92 bits per heavy atom. The molecule has 2 amide bonds. The number of carbonyl (C=O) groups excluding carboxylic acids is 2. The molecule has 2 aliphatic rings. The van der Waals surface area contributed by atoms with Gasteiger partial charge in [0.2, 0.25) is 5.91 Å². The molecule has 24 heavy (non-hydrogen) atoms. The molecule has 3 rings (SSSR count). The first kappa shape index (κ1) is 16.3. The molecule has 2 aliphatic heterocycles. The predicted octanol–water partition coefficient (Wildman–Crippen LogP) is 1.42. The Morgan fingerprint density at radius 1 is 1.21 bits per heavy atom. The maximum atomic E-state index is 12.7. The minimum Gasteiger partial charge on any atom is -0.493 e. The summed E-state index contributed by atoms with van der Waals surface area (Å²) in [6.07, 6.45) is 1.42. The Balaban J connectivity index is 1.87. The van der Waals surface area contributed by atoms with Crippen LogP contribution in [0.5, 0.6) is 11.5 Å². The number of ether oxygens (including phenoxy) is 2. The summed E-state index contributed by atoms with van der Waals surface area (Å²) in [4.78, 5) is 25.7. The van der Waals surface area contributed by atoms with Gasteiger partial charge in [-0.3, -0.25) is 9.59 Å². The fourth-order valence-electron chi connectivity index (χ4n) is 3.22. The molecule has 0 radical (unpaired) electrons. The molecular weight excluding hydrogens is 310 g/mol. The number of hydrazone groups is 1. The molecule has 0 fully saturated rings. The van der Waals surface area contributed by atoms with Gasteiger partial charge in [0, 0.05) is 19.4 Å². The molecule has 7 nitrogen and oxygen atoms in total. The third kappa shape index (κ3) is 2.81. The summed E-state index contributed by atoms with van der Waals surface area (Å²) in [6, 6.07) is 3.81. The van der Waals surface area contributed by atoms with Gasteiger partial charge < -0.3 is 14.4 Å². The maximum Gasteiger partial charge on any atom is 0.270 e. The third-order valence-corrected chi connectivity index (χ3v) is 4.60. The standard InChI is InChI=1S/C17H21N3O4/c1-10-12-9-15(24-3)14(23-2)8-11(12)6-7-20(10)17(22)13-4-5-16(21)19-18-13/h8-10H,4-7H2,1-3H3,(H,19,21). The highest BCUT2D eigenvalue weighted by Gasteiger charge is 2.32. The van der Waals surface area contributed by atoms with Gasteiger partial charge in [-0.05, 0) is 36.6 Å². The number of nitrogens with one attached hydrogen (secondary N) is 1. The van der Waals surface area contributed by atoms with E-state index in [1.54, 1.807) is 19.1 Å². The van der Waals surface area contributed by atoms with E-state index in [2.05, 4.69) is 10.5 Å². The van der Waals surface area contributed by atoms with E-state index in [1.807, 2.05) is 19.1 Å². The van der Waals surface area contributed by atoms with Crippen LogP contribution in [-0.4, -0.2) is 43.2 Å². The number of hydrogen-bond acceptors (Lipinski definition) is 5. The summed E-state index contributed by atoms with van der Waals surface area (Å²) in [5, 5.41) is 3.92. The van der Waals surface area contributed by atoms with E-state index in [9.17, 15) is 9.59 Å². The van der Waals surface area contributed by atoms with Crippen molar-refractivity contribution < 1.29 is 19.1 Å². The van der Waals surface area contributed by atoms with Gasteiger partial charge in [-0.25, -0.2) is 5.43 Å². The average molecular weight is 331 g/mol. The minimum atomic E-state index is -0.152. The smallest absolute Gasteiger partial charge is 0.270 e. The summed E-state index contributed by atoms with van der Waals surface area (Å²) in [5.74, 6) is 1.07. The lowest BCUT2D eigenvalue weighted by Crippen LogP contribution is -2.44. The van der Waals surface area contributed by atoms with Crippen LogP contribution < -0.4 is 14.9 Å². The monoisotopic (exact) mass is 331 g/mol. The van der Waals surface area contributed by atoms with E-state index in [-0.39, 0.29) is 17.9 Å². The summed E-state index contributed by atoms with van der Waals surface area (Å²) in [6.45, 7) is 2.60. The van der Waals surface area contributed by atoms with Gasteiger partial charge >= 0.3 is 0 Å². The van der Waals surface area contributed by atoms with Crippen molar-refractivity contribution in [3.63, 3.8) is 0 Å². The van der Waals surface area contributed by atoms with Crippen LogP contribution in [0, 0.1) is 0 Å². The molecule has 1 atom stereocenters. The molecule has 0 spiro atoms. The van der Waals surface area contributed by atoms with Gasteiger partial charge in [0.1, 0.15) is 5.71 Å². The SMILES string of the molecule is COc1cc2c(cc1OC)C(C)N(C(=O)C1=NNC(=O)CC1)CC2. The average Bonchev–Trinajstić information content (AvgIpc) is 2.61. The highest BCUT2D eigenvalue weighted by Crippen LogP contribution is 2.38. The number of hydrogen-bond donors (Lipinski definition) is 1. The fourth-order valence-corrected chi connectivity index (χ4v) is 3.22. The van der Waals surface area contributed by atoms with Crippen LogP contribution in [0.4, 0.5) is 0 Å². The molecule has 2 heterocycles. The molecule has 0 aliphatic carbocycles. The lowest BCUT2D eigenvalue weighted by molar-refractivity contribution is -0.126. The van der Waals surface area contributed by atoms with Crippen LogP contribution in [0.3, 0.4) is 0 Å². The van der Waals surface area contributed by atoms with E-state index >= 15 is 0 Å². The van der Waals surface area contributed by atoms with Crippen molar-refractivity contribution in [3.05, 3.63) is 23.3 Å². The molecule has 0 saturated heterocycles. The first-order chi connectivity index (χ1) is 11.5. The largest absolute Gasteiger partial charge is 0.493 e. The molecule has 1 aromatic rings. The number of rotatable bonds is 3. The molecule has 7 heteroatoms. The number of amides is 2. The highest BCUT2D eigenvalue weighted by atomic mass is 16.5.